The lowest BCUT2D eigenvalue weighted by atomic mass is 10.1. The molecule has 2 rings (SSSR count). The van der Waals surface area contributed by atoms with Crippen LogP contribution in [-0.4, -0.2) is 27.7 Å². The van der Waals surface area contributed by atoms with Crippen molar-refractivity contribution < 1.29 is 27.8 Å². The van der Waals surface area contributed by atoms with Crippen LogP contribution in [0.1, 0.15) is 24.5 Å². The summed E-state index contributed by atoms with van der Waals surface area (Å²) < 4.78 is 45.1. The summed E-state index contributed by atoms with van der Waals surface area (Å²) in [4.78, 5) is 18.3. The molecule has 0 aliphatic rings. The normalized spacial score (nSPS) is 11.3. The fourth-order valence-electron chi connectivity index (χ4n) is 2.02. The smallest absolute Gasteiger partial charge is 0.417 e. The first-order valence-electron chi connectivity index (χ1n) is 7.18. The molecule has 24 heavy (non-hydrogen) atoms. The fourth-order valence-corrected chi connectivity index (χ4v) is 2.02. The zero-order valence-electron chi connectivity index (χ0n) is 12.8. The number of carboxylic acids is 1. The minimum absolute atomic E-state index is 0.121. The Labute approximate surface area is 136 Å². The van der Waals surface area contributed by atoms with Crippen molar-refractivity contribution in [2.45, 2.75) is 25.9 Å². The Hall–Kier alpha value is -2.64. The molecule has 128 valence electrons. The highest BCUT2D eigenvalue weighted by Crippen LogP contribution is 2.38. The molecule has 2 aromatic rings. The summed E-state index contributed by atoms with van der Waals surface area (Å²) in [7, 11) is 0. The topological polar surface area (TPSA) is 72.3 Å². The largest absolute Gasteiger partial charge is 0.494 e. The third kappa shape index (κ3) is 4.43. The molecule has 0 atom stereocenters. The van der Waals surface area contributed by atoms with Crippen LogP contribution >= 0.6 is 0 Å². The predicted molar refractivity (Wildman–Crippen MR) is 79.6 cm³/mol. The van der Waals surface area contributed by atoms with Crippen molar-refractivity contribution in [3.8, 4) is 17.1 Å². The van der Waals surface area contributed by atoms with Crippen molar-refractivity contribution in [2.75, 3.05) is 6.61 Å². The van der Waals surface area contributed by atoms with Gasteiger partial charge < -0.3 is 9.84 Å². The minimum Gasteiger partial charge on any atom is -0.494 e. The lowest BCUT2D eigenvalue weighted by molar-refractivity contribution is -0.137. The van der Waals surface area contributed by atoms with Crippen molar-refractivity contribution in [3.63, 3.8) is 0 Å². The van der Waals surface area contributed by atoms with E-state index in [4.69, 9.17) is 9.84 Å². The van der Waals surface area contributed by atoms with Crippen molar-refractivity contribution in [2.24, 2.45) is 0 Å². The Bertz CT molecular complexity index is 715. The summed E-state index contributed by atoms with van der Waals surface area (Å²) in [6.07, 6.45) is -1.80. The van der Waals surface area contributed by atoms with Crippen LogP contribution in [0.4, 0.5) is 13.2 Å². The Morgan fingerprint density at radius 1 is 1.25 bits per heavy atom. The lowest BCUT2D eigenvalue weighted by Gasteiger charge is -2.14. The van der Waals surface area contributed by atoms with Gasteiger partial charge in [0.2, 0.25) is 0 Å². The van der Waals surface area contributed by atoms with Gasteiger partial charge in [0.25, 0.3) is 0 Å². The quantitative estimate of drug-likeness (QED) is 0.870. The molecule has 8 heteroatoms. The lowest BCUT2D eigenvalue weighted by Crippen LogP contribution is -2.09. The summed E-state index contributed by atoms with van der Waals surface area (Å²) >= 11 is 0. The maximum absolute atomic E-state index is 13.3. The molecule has 0 saturated carbocycles. The van der Waals surface area contributed by atoms with Gasteiger partial charge in [-0.15, -0.1) is 0 Å². The third-order valence-electron chi connectivity index (χ3n) is 3.07. The van der Waals surface area contributed by atoms with Gasteiger partial charge in [-0.3, -0.25) is 4.79 Å². The fraction of sp³-hybridized carbons (Fsp3) is 0.312. The van der Waals surface area contributed by atoms with Gasteiger partial charge in [0, 0.05) is 18.0 Å². The van der Waals surface area contributed by atoms with Gasteiger partial charge in [0.15, 0.2) is 5.82 Å². The summed E-state index contributed by atoms with van der Waals surface area (Å²) in [5, 5.41) is 8.69. The van der Waals surface area contributed by atoms with E-state index in [1.165, 1.54) is 24.5 Å². The van der Waals surface area contributed by atoms with Crippen LogP contribution in [0, 0.1) is 0 Å². The van der Waals surface area contributed by atoms with Crippen LogP contribution in [0.2, 0.25) is 0 Å². The number of aliphatic carboxylic acids is 1. The van der Waals surface area contributed by atoms with E-state index in [-0.39, 0.29) is 23.6 Å². The van der Waals surface area contributed by atoms with Gasteiger partial charge in [0.05, 0.1) is 18.6 Å². The number of hydrogen-bond acceptors (Lipinski definition) is 4. The van der Waals surface area contributed by atoms with Crippen molar-refractivity contribution in [1.82, 2.24) is 9.97 Å². The standard InChI is InChI=1S/C16H15F3N2O3/c1-2-5-24-11-3-4-12(13(7-11)16(17,18)19)15-20-8-10(9-21-15)6-14(22)23/h3-4,7-9H,2,5-6H2,1H3,(H,22,23). The van der Waals surface area contributed by atoms with Gasteiger partial charge in [0.1, 0.15) is 5.75 Å². The monoisotopic (exact) mass is 340 g/mol. The van der Waals surface area contributed by atoms with Gasteiger partial charge in [-0.2, -0.15) is 13.2 Å². The zero-order chi connectivity index (χ0) is 17.7. The highest BCUT2D eigenvalue weighted by molar-refractivity contribution is 5.70. The third-order valence-corrected chi connectivity index (χ3v) is 3.07. The molecule has 0 radical (unpaired) electrons. The van der Waals surface area contributed by atoms with Crippen molar-refractivity contribution in [1.29, 1.82) is 0 Å². The van der Waals surface area contributed by atoms with Gasteiger partial charge in [-0.1, -0.05) is 6.92 Å². The van der Waals surface area contributed by atoms with Crippen LogP contribution in [0.15, 0.2) is 30.6 Å². The number of carboxylic acid groups (broad SMARTS) is 1. The second-order valence-electron chi connectivity index (χ2n) is 5.04. The van der Waals surface area contributed by atoms with E-state index >= 15 is 0 Å². The molecule has 0 aliphatic heterocycles. The number of ether oxygens (including phenoxy) is 1. The number of nitrogens with zero attached hydrogens (tertiary/aromatic N) is 2. The molecule has 5 nitrogen and oxygen atoms in total. The molecule has 0 fully saturated rings. The number of hydrogen-bond donors (Lipinski definition) is 1. The Morgan fingerprint density at radius 3 is 2.46 bits per heavy atom. The maximum atomic E-state index is 13.3. The second kappa shape index (κ2) is 7.29. The number of halogens is 3. The molecule has 1 N–H and O–H groups in total. The van der Waals surface area contributed by atoms with Gasteiger partial charge in [-0.05, 0) is 30.2 Å². The van der Waals surface area contributed by atoms with Crippen LogP contribution < -0.4 is 4.74 Å². The highest BCUT2D eigenvalue weighted by Gasteiger charge is 2.35. The molecule has 0 aliphatic carbocycles. The molecular formula is C16H15F3N2O3. The number of aromatic nitrogens is 2. The molecule has 1 aromatic carbocycles. The molecule has 0 amide bonds. The van der Waals surface area contributed by atoms with E-state index in [1.807, 2.05) is 6.92 Å². The van der Waals surface area contributed by atoms with Crippen LogP contribution in [-0.2, 0) is 17.4 Å². The molecule has 0 spiro atoms. The molecular weight excluding hydrogens is 325 g/mol. The number of carbonyl (C=O) groups is 1. The second-order valence-corrected chi connectivity index (χ2v) is 5.04. The van der Waals surface area contributed by atoms with Crippen molar-refractivity contribution >= 4 is 5.97 Å². The Kier molecular flexibility index (Phi) is 5.38. The Balaban J connectivity index is 2.39. The summed E-state index contributed by atoms with van der Waals surface area (Å²) in [6, 6.07) is 3.59. The van der Waals surface area contributed by atoms with Gasteiger partial charge >= 0.3 is 12.1 Å². The molecule has 1 aromatic heterocycles. The van der Waals surface area contributed by atoms with Crippen LogP contribution in [0.3, 0.4) is 0 Å². The summed E-state index contributed by atoms with van der Waals surface area (Å²) in [6.45, 7) is 2.17. The number of rotatable bonds is 6. The summed E-state index contributed by atoms with van der Waals surface area (Å²) in [5.41, 5.74) is -0.780. The van der Waals surface area contributed by atoms with E-state index in [0.29, 0.717) is 18.6 Å². The highest BCUT2D eigenvalue weighted by atomic mass is 19.4. The van der Waals surface area contributed by atoms with Crippen molar-refractivity contribution in [3.05, 3.63) is 41.7 Å². The predicted octanol–water partition coefficient (Wildman–Crippen LogP) is 3.58. The zero-order valence-corrected chi connectivity index (χ0v) is 12.8. The van der Waals surface area contributed by atoms with E-state index in [9.17, 15) is 18.0 Å². The molecule has 0 saturated heterocycles. The first-order chi connectivity index (χ1) is 11.3. The van der Waals surface area contributed by atoms with E-state index < -0.39 is 17.7 Å². The first kappa shape index (κ1) is 17.7. The minimum atomic E-state index is -4.59. The number of alkyl halides is 3. The van der Waals surface area contributed by atoms with Crippen LogP contribution in [0.5, 0.6) is 5.75 Å². The SMILES string of the molecule is CCCOc1ccc(-c2ncc(CC(=O)O)cn2)c(C(F)(F)F)c1. The van der Waals surface area contributed by atoms with Gasteiger partial charge in [-0.25, -0.2) is 9.97 Å². The van der Waals surface area contributed by atoms with E-state index in [1.54, 1.807) is 0 Å². The van der Waals surface area contributed by atoms with Crippen LogP contribution in [0.25, 0.3) is 11.4 Å². The molecule has 0 bridgehead atoms. The molecule has 1 heterocycles. The first-order valence-corrected chi connectivity index (χ1v) is 7.18. The maximum Gasteiger partial charge on any atom is 0.417 e. The van der Waals surface area contributed by atoms with E-state index in [2.05, 4.69) is 9.97 Å². The van der Waals surface area contributed by atoms with E-state index in [0.717, 1.165) is 6.07 Å². The number of benzene rings is 1. The summed E-state index contributed by atoms with van der Waals surface area (Å²) in [5.74, 6) is -1.08. The Morgan fingerprint density at radius 2 is 1.92 bits per heavy atom. The molecule has 0 unspecified atom stereocenters. The average molecular weight is 340 g/mol. The average Bonchev–Trinajstić information content (AvgIpc) is 2.52.